The second kappa shape index (κ2) is 5.14. The molecule has 17 heavy (non-hydrogen) atoms. The Hall–Kier alpha value is -0.940. The van der Waals surface area contributed by atoms with E-state index in [1.807, 2.05) is 0 Å². The highest BCUT2D eigenvalue weighted by molar-refractivity contribution is 7.16. The van der Waals surface area contributed by atoms with Crippen molar-refractivity contribution >= 4 is 27.8 Å². The molecule has 0 amide bonds. The Labute approximate surface area is 110 Å². The number of rotatable bonds is 4. The summed E-state index contributed by atoms with van der Waals surface area (Å²) in [4.78, 5) is 10.4. The topological polar surface area (TPSA) is 37.8 Å². The minimum absolute atomic E-state index is 0.444. The van der Waals surface area contributed by atoms with Crippen LogP contribution >= 0.6 is 22.7 Å². The first-order chi connectivity index (χ1) is 8.11. The van der Waals surface area contributed by atoms with Gasteiger partial charge in [-0.1, -0.05) is 13.8 Å². The highest BCUT2D eigenvalue weighted by Crippen LogP contribution is 2.35. The van der Waals surface area contributed by atoms with Crippen molar-refractivity contribution in [3.63, 3.8) is 0 Å². The predicted molar refractivity (Wildman–Crippen MR) is 76.2 cm³/mol. The summed E-state index contributed by atoms with van der Waals surface area (Å²) in [5.74, 6) is 0.444. The average molecular weight is 267 g/mol. The summed E-state index contributed by atoms with van der Waals surface area (Å²) >= 11 is 3.39. The number of hydrogen-bond donors (Lipinski definition) is 1. The maximum absolute atomic E-state index is 4.60. The number of thiazole rings is 2. The lowest BCUT2D eigenvalue weighted by atomic mass is 10.1. The highest BCUT2D eigenvalue weighted by atomic mass is 32.1. The van der Waals surface area contributed by atoms with E-state index < -0.39 is 0 Å². The van der Waals surface area contributed by atoms with E-state index in [1.54, 1.807) is 22.7 Å². The van der Waals surface area contributed by atoms with E-state index in [9.17, 15) is 0 Å². The van der Waals surface area contributed by atoms with Gasteiger partial charge in [-0.2, -0.15) is 0 Å². The van der Waals surface area contributed by atoms with Crippen LogP contribution in [0.1, 0.15) is 37.4 Å². The van der Waals surface area contributed by atoms with Crippen molar-refractivity contribution in [3.8, 4) is 10.6 Å². The zero-order valence-corrected chi connectivity index (χ0v) is 12.2. The van der Waals surface area contributed by atoms with E-state index in [0.717, 1.165) is 22.4 Å². The largest absolute Gasteiger partial charge is 0.362 e. The van der Waals surface area contributed by atoms with Crippen molar-refractivity contribution in [3.05, 3.63) is 16.1 Å². The molecule has 2 aromatic heterocycles. The van der Waals surface area contributed by atoms with E-state index in [2.05, 4.69) is 48.4 Å². The minimum atomic E-state index is 0.444. The predicted octanol–water partition coefficient (Wildman–Crippen LogP) is 4.13. The van der Waals surface area contributed by atoms with Gasteiger partial charge in [0.25, 0.3) is 0 Å². The summed E-state index contributed by atoms with van der Waals surface area (Å²) in [6.45, 7) is 9.39. The molecule has 0 aromatic carbocycles. The van der Waals surface area contributed by atoms with Gasteiger partial charge in [0.15, 0.2) is 5.13 Å². The van der Waals surface area contributed by atoms with E-state index in [0.29, 0.717) is 5.92 Å². The summed E-state index contributed by atoms with van der Waals surface area (Å²) in [7, 11) is 0. The summed E-state index contributed by atoms with van der Waals surface area (Å²) in [5, 5.41) is 7.45. The van der Waals surface area contributed by atoms with Crippen molar-refractivity contribution in [1.82, 2.24) is 9.97 Å². The molecule has 0 fully saturated rings. The number of anilines is 1. The molecule has 2 heterocycles. The summed E-state index contributed by atoms with van der Waals surface area (Å²) < 4.78 is 0. The molecule has 0 saturated carbocycles. The van der Waals surface area contributed by atoms with Gasteiger partial charge in [0, 0.05) is 11.9 Å². The Bertz CT molecular complexity index is 500. The molecule has 5 heteroatoms. The summed E-state index contributed by atoms with van der Waals surface area (Å²) in [6, 6.07) is 0. The maximum Gasteiger partial charge on any atom is 0.183 e. The van der Waals surface area contributed by atoms with E-state index in [1.165, 1.54) is 10.6 Å². The lowest BCUT2D eigenvalue weighted by Gasteiger charge is -2.02. The zero-order chi connectivity index (χ0) is 12.4. The van der Waals surface area contributed by atoms with E-state index in [4.69, 9.17) is 0 Å². The van der Waals surface area contributed by atoms with Crippen molar-refractivity contribution in [2.24, 2.45) is 0 Å². The quantitative estimate of drug-likeness (QED) is 0.905. The van der Waals surface area contributed by atoms with E-state index >= 15 is 0 Å². The van der Waals surface area contributed by atoms with Gasteiger partial charge in [-0.3, -0.25) is 0 Å². The SMILES string of the molecule is CCNc1nc(-c2sc(C)nc2C(C)C)cs1. The van der Waals surface area contributed by atoms with Crippen LogP contribution < -0.4 is 5.32 Å². The Morgan fingerprint density at radius 3 is 2.76 bits per heavy atom. The third-order valence-corrected chi connectivity index (χ3v) is 4.18. The lowest BCUT2D eigenvalue weighted by Crippen LogP contribution is -1.95. The number of hydrogen-bond acceptors (Lipinski definition) is 5. The van der Waals surface area contributed by atoms with Crippen molar-refractivity contribution in [2.45, 2.75) is 33.6 Å². The van der Waals surface area contributed by atoms with Gasteiger partial charge >= 0.3 is 0 Å². The number of nitrogens with one attached hydrogen (secondary N) is 1. The van der Waals surface area contributed by atoms with Crippen LogP contribution in [-0.2, 0) is 0 Å². The number of aryl methyl sites for hydroxylation is 1. The van der Waals surface area contributed by atoms with Crippen LogP contribution in [0.3, 0.4) is 0 Å². The van der Waals surface area contributed by atoms with Gasteiger partial charge in [-0.25, -0.2) is 9.97 Å². The Balaban J connectivity index is 2.37. The molecule has 0 aliphatic heterocycles. The molecule has 0 bridgehead atoms. The highest BCUT2D eigenvalue weighted by Gasteiger charge is 2.16. The van der Waals surface area contributed by atoms with Gasteiger partial charge in [0.2, 0.25) is 0 Å². The average Bonchev–Trinajstić information content (AvgIpc) is 2.85. The van der Waals surface area contributed by atoms with Crippen LogP contribution in [0, 0.1) is 6.92 Å². The van der Waals surface area contributed by atoms with Crippen molar-refractivity contribution in [2.75, 3.05) is 11.9 Å². The molecule has 2 aromatic rings. The molecule has 0 atom stereocenters. The maximum atomic E-state index is 4.60. The third kappa shape index (κ3) is 2.66. The standard InChI is InChI=1S/C12H17N3S2/c1-5-13-12-15-9(6-16-12)11-10(7(2)3)14-8(4)17-11/h6-7H,5H2,1-4H3,(H,13,15). The molecular weight excluding hydrogens is 250 g/mol. The Morgan fingerprint density at radius 2 is 2.12 bits per heavy atom. The van der Waals surface area contributed by atoms with Crippen LogP contribution in [0.5, 0.6) is 0 Å². The molecule has 1 N–H and O–H groups in total. The molecule has 0 spiro atoms. The fourth-order valence-corrected chi connectivity index (χ4v) is 3.51. The monoisotopic (exact) mass is 267 g/mol. The summed E-state index contributed by atoms with van der Waals surface area (Å²) in [6.07, 6.45) is 0. The first kappa shape index (κ1) is 12.5. The molecule has 0 radical (unpaired) electrons. The Kier molecular flexibility index (Phi) is 3.79. The molecule has 3 nitrogen and oxygen atoms in total. The first-order valence-electron chi connectivity index (χ1n) is 5.79. The summed E-state index contributed by atoms with van der Waals surface area (Å²) in [5.41, 5.74) is 2.22. The van der Waals surface area contributed by atoms with Crippen LogP contribution in [0.15, 0.2) is 5.38 Å². The molecule has 0 aliphatic rings. The first-order valence-corrected chi connectivity index (χ1v) is 7.48. The number of nitrogens with zero attached hydrogens (tertiary/aromatic N) is 2. The fraction of sp³-hybridized carbons (Fsp3) is 0.500. The van der Waals surface area contributed by atoms with Crippen molar-refractivity contribution < 1.29 is 0 Å². The normalized spacial score (nSPS) is 11.1. The number of aromatic nitrogens is 2. The van der Waals surface area contributed by atoms with Gasteiger partial charge in [-0.05, 0) is 19.8 Å². The molecular formula is C12H17N3S2. The van der Waals surface area contributed by atoms with Gasteiger partial charge in [-0.15, -0.1) is 22.7 Å². The second-order valence-electron chi connectivity index (χ2n) is 4.17. The molecule has 0 unspecified atom stereocenters. The lowest BCUT2D eigenvalue weighted by molar-refractivity contribution is 0.830. The fourth-order valence-electron chi connectivity index (χ4n) is 1.63. The smallest absolute Gasteiger partial charge is 0.183 e. The molecule has 92 valence electrons. The molecule has 0 saturated heterocycles. The second-order valence-corrected chi connectivity index (χ2v) is 6.23. The van der Waals surface area contributed by atoms with Gasteiger partial charge in [0.05, 0.1) is 21.3 Å². The van der Waals surface area contributed by atoms with Crippen LogP contribution in [0.4, 0.5) is 5.13 Å². The van der Waals surface area contributed by atoms with Crippen LogP contribution in [-0.4, -0.2) is 16.5 Å². The molecule has 0 aliphatic carbocycles. The third-order valence-electron chi connectivity index (χ3n) is 2.37. The van der Waals surface area contributed by atoms with Crippen molar-refractivity contribution in [1.29, 1.82) is 0 Å². The molecule has 2 rings (SSSR count). The van der Waals surface area contributed by atoms with E-state index in [-0.39, 0.29) is 0 Å². The van der Waals surface area contributed by atoms with Gasteiger partial charge < -0.3 is 5.32 Å². The van der Waals surface area contributed by atoms with Crippen LogP contribution in [0.2, 0.25) is 0 Å². The zero-order valence-electron chi connectivity index (χ0n) is 10.6. The van der Waals surface area contributed by atoms with Gasteiger partial charge in [0.1, 0.15) is 0 Å². The Morgan fingerprint density at radius 1 is 1.35 bits per heavy atom. The van der Waals surface area contributed by atoms with Crippen LogP contribution in [0.25, 0.3) is 10.6 Å². The minimum Gasteiger partial charge on any atom is -0.362 e.